The molecule has 0 saturated carbocycles. The zero-order valence-corrected chi connectivity index (χ0v) is 11.6. The molecule has 0 bridgehead atoms. The van der Waals surface area contributed by atoms with Crippen LogP contribution in [0.4, 0.5) is 0 Å². The number of aliphatic hydroxyl groups is 1. The first kappa shape index (κ1) is 15.6. The minimum absolute atomic E-state index is 0. The molecule has 1 N–H and O–H groups in total. The van der Waals surface area contributed by atoms with E-state index in [1.807, 2.05) is 11.9 Å². The van der Waals surface area contributed by atoms with E-state index in [4.69, 9.17) is 0 Å². The second-order valence-corrected chi connectivity index (χ2v) is 5.46. The lowest BCUT2D eigenvalue weighted by Gasteiger charge is -2.35. The summed E-state index contributed by atoms with van der Waals surface area (Å²) < 4.78 is 0. The van der Waals surface area contributed by atoms with Crippen molar-refractivity contribution in [1.29, 1.82) is 0 Å². The Kier molecular flexibility index (Phi) is 5.33. The molecule has 2 heterocycles. The topological polar surface area (TPSA) is 69.8 Å². The minimum Gasteiger partial charge on any atom is -0.389 e. The smallest absolute Gasteiger partial charge is 0.269 e. The number of aliphatic hydroxyl groups excluding tert-OH is 1. The predicted octanol–water partition coefficient (Wildman–Crippen LogP) is 0.216. The van der Waals surface area contributed by atoms with Crippen LogP contribution in [-0.4, -0.2) is 71.2 Å². The first-order valence-corrected chi connectivity index (χ1v) is 6.25. The van der Waals surface area contributed by atoms with Gasteiger partial charge in [-0.2, -0.15) is 0 Å². The second kappa shape index (κ2) is 6.14. The Hall–Kier alpha value is -0.430. The fourth-order valence-corrected chi connectivity index (χ4v) is 3.10. The van der Waals surface area contributed by atoms with Crippen LogP contribution in [0.5, 0.6) is 0 Å². The van der Waals surface area contributed by atoms with E-state index in [9.17, 15) is 15.2 Å². The monoisotopic (exact) mass is 279 g/mol. The van der Waals surface area contributed by atoms with Gasteiger partial charge in [-0.1, -0.05) is 6.42 Å². The van der Waals surface area contributed by atoms with Gasteiger partial charge in [0.05, 0.1) is 13.1 Å². The van der Waals surface area contributed by atoms with Gasteiger partial charge in [0.2, 0.25) is 0 Å². The SMILES string of the molecule is CN1CC2CCCCN2CC(CO)([N+](=O)[O-])C1.Cl. The Balaban J connectivity index is 0.00000162. The van der Waals surface area contributed by atoms with Gasteiger partial charge in [0, 0.05) is 17.5 Å². The van der Waals surface area contributed by atoms with E-state index in [0.29, 0.717) is 19.1 Å². The van der Waals surface area contributed by atoms with Crippen molar-refractivity contribution in [2.45, 2.75) is 30.8 Å². The summed E-state index contributed by atoms with van der Waals surface area (Å²) in [6, 6.07) is 0.419. The summed E-state index contributed by atoms with van der Waals surface area (Å²) in [6.45, 7) is 2.13. The van der Waals surface area contributed by atoms with Crippen LogP contribution in [0, 0.1) is 10.1 Å². The van der Waals surface area contributed by atoms with Crippen LogP contribution in [0.3, 0.4) is 0 Å². The standard InChI is InChI=1S/C11H21N3O3.ClH/c1-12-6-10-4-2-3-5-13(10)8-11(7-12,9-15)14(16)17;/h10,15H,2-9H2,1H3;1H. The minimum atomic E-state index is -1.21. The van der Waals surface area contributed by atoms with Crippen LogP contribution in [0.15, 0.2) is 0 Å². The van der Waals surface area contributed by atoms with E-state index in [-0.39, 0.29) is 23.9 Å². The number of likely N-dealkylation sites (N-methyl/N-ethyl adjacent to an activating group) is 1. The fraction of sp³-hybridized carbons (Fsp3) is 1.00. The Morgan fingerprint density at radius 1 is 1.44 bits per heavy atom. The maximum atomic E-state index is 11.3. The number of hydrogen-bond acceptors (Lipinski definition) is 5. The third kappa shape index (κ3) is 2.93. The van der Waals surface area contributed by atoms with E-state index in [2.05, 4.69) is 4.90 Å². The van der Waals surface area contributed by atoms with Crippen molar-refractivity contribution in [3.05, 3.63) is 10.1 Å². The number of piperidine rings is 1. The highest BCUT2D eigenvalue weighted by atomic mass is 35.5. The van der Waals surface area contributed by atoms with Crippen LogP contribution in [0.25, 0.3) is 0 Å². The van der Waals surface area contributed by atoms with Crippen LogP contribution in [-0.2, 0) is 0 Å². The van der Waals surface area contributed by atoms with E-state index >= 15 is 0 Å². The highest BCUT2D eigenvalue weighted by Crippen LogP contribution is 2.25. The molecule has 2 aliphatic heterocycles. The molecule has 0 aliphatic carbocycles. The Bertz CT molecular complexity index is 305. The van der Waals surface area contributed by atoms with Crippen molar-refractivity contribution < 1.29 is 10.0 Å². The third-order valence-electron chi connectivity index (χ3n) is 4.01. The van der Waals surface area contributed by atoms with Crippen LogP contribution >= 0.6 is 12.4 Å². The van der Waals surface area contributed by atoms with Crippen molar-refractivity contribution >= 4 is 12.4 Å². The van der Waals surface area contributed by atoms with Crippen LogP contribution in [0.1, 0.15) is 19.3 Å². The molecule has 7 heteroatoms. The van der Waals surface area contributed by atoms with Gasteiger partial charge in [-0.3, -0.25) is 19.9 Å². The zero-order chi connectivity index (χ0) is 12.5. The number of rotatable bonds is 2. The highest BCUT2D eigenvalue weighted by Gasteiger charge is 2.48. The maximum absolute atomic E-state index is 11.3. The molecule has 18 heavy (non-hydrogen) atoms. The molecule has 2 unspecified atom stereocenters. The molecule has 2 fully saturated rings. The number of halogens is 1. The fourth-order valence-electron chi connectivity index (χ4n) is 3.10. The van der Waals surface area contributed by atoms with E-state index in [1.165, 1.54) is 6.42 Å². The van der Waals surface area contributed by atoms with E-state index in [0.717, 1.165) is 25.9 Å². The molecule has 6 nitrogen and oxygen atoms in total. The number of nitro groups is 1. The van der Waals surface area contributed by atoms with Gasteiger partial charge in [0.25, 0.3) is 5.54 Å². The Morgan fingerprint density at radius 2 is 2.17 bits per heavy atom. The molecular formula is C11H22ClN3O3. The van der Waals surface area contributed by atoms with Crippen molar-refractivity contribution in [2.75, 3.05) is 39.8 Å². The Morgan fingerprint density at radius 3 is 2.78 bits per heavy atom. The summed E-state index contributed by atoms with van der Waals surface area (Å²) in [5.74, 6) is 0. The van der Waals surface area contributed by atoms with E-state index < -0.39 is 5.54 Å². The lowest BCUT2D eigenvalue weighted by Crippen LogP contribution is -2.56. The van der Waals surface area contributed by atoms with Crippen LogP contribution in [0.2, 0.25) is 0 Å². The maximum Gasteiger partial charge on any atom is 0.269 e. The molecule has 2 saturated heterocycles. The molecule has 0 amide bonds. The first-order valence-electron chi connectivity index (χ1n) is 6.25. The van der Waals surface area contributed by atoms with Gasteiger partial charge in [-0.25, -0.2) is 0 Å². The normalized spacial score (nSPS) is 34.2. The van der Waals surface area contributed by atoms with Crippen LogP contribution < -0.4 is 0 Å². The summed E-state index contributed by atoms with van der Waals surface area (Å²) in [4.78, 5) is 15.2. The second-order valence-electron chi connectivity index (χ2n) is 5.46. The number of fused-ring (bicyclic) bond motifs is 1. The largest absolute Gasteiger partial charge is 0.389 e. The van der Waals surface area contributed by atoms with E-state index in [1.54, 1.807) is 0 Å². The molecule has 106 valence electrons. The quantitative estimate of drug-likeness (QED) is 0.578. The molecule has 0 spiro atoms. The molecule has 0 aromatic carbocycles. The summed E-state index contributed by atoms with van der Waals surface area (Å²) in [5, 5.41) is 20.7. The molecule has 0 radical (unpaired) electrons. The van der Waals surface area contributed by atoms with Gasteiger partial charge >= 0.3 is 0 Å². The molecule has 2 aliphatic rings. The summed E-state index contributed by atoms with van der Waals surface area (Å²) in [6.07, 6.45) is 3.43. The average molecular weight is 280 g/mol. The van der Waals surface area contributed by atoms with Gasteiger partial charge in [0.1, 0.15) is 6.61 Å². The third-order valence-corrected chi connectivity index (χ3v) is 4.01. The van der Waals surface area contributed by atoms with Gasteiger partial charge in [-0.05, 0) is 26.4 Å². The number of nitrogens with zero attached hydrogens (tertiary/aromatic N) is 3. The number of hydrogen-bond donors (Lipinski definition) is 1. The molecule has 0 aromatic heterocycles. The van der Waals surface area contributed by atoms with Gasteiger partial charge in [-0.15, -0.1) is 12.4 Å². The van der Waals surface area contributed by atoms with Crippen molar-refractivity contribution in [1.82, 2.24) is 9.80 Å². The molecular weight excluding hydrogens is 258 g/mol. The lowest BCUT2D eigenvalue weighted by atomic mass is 9.98. The average Bonchev–Trinajstić information content (AvgIpc) is 2.44. The van der Waals surface area contributed by atoms with Gasteiger partial charge in [0.15, 0.2) is 0 Å². The molecule has 0 aromatic rings. The zero-order valence-electron chi connectivity index (χ0n) is 10.7. The highest BCUT2D eigenvalue weighted by molar-refractivity contribution is 5.85. The lowest BCUT2D eigenvalue weighted by molar-refractivity contribution is -0.573. The van der Waals surface area contributed by atoms with Gasteiger partial charge < -0.3 is 5.11 Å². The summed E-state index contributed by atoms with van der Waals surface area (Å²) in [5.41, 5.74) is -1.21. The Labute approximate surface area is 113 Å². The predicted molar refractivity (Wildman–Crippen MR) is 70.8 cm³/mol. The van der Waals surface area contributed by atoms with Crippen molar-refractivity contribution in [3.63, 3.8) is 0 Å². The summed E-state index contributed by atoms with van der Waals surface area (Å²) in [7, 11) is 1.91. The van der Waals surface area contributed by atoms with Crippen molar-refractivity contribution in [3.8, 4) is 0 Å². The van der Waals surface area contributed by atoms with Crippen molar-refractivity contribution in [2.24, 2.45) is 0 Å². The first-order chi connectivity index (χ1) is 8.07. The summed E-state index contributed by atoms with van der Waals surface area (Å²) >= 11 is 0. The molecule has 2 atom stereocenters. The molecule has 2 rings (SSSR count).